The Kier molecular flexibility index (Phi) is 5.56. The van der Waals surface area contributed by atoms with Crippen LogP contribution in [0.25, 0.3) is 0 Å². The van der Waals surface area contributed by atoms with Crippen LogP contribution in [-0.2, 0) is 0 Å². The lowest BCUT2D eigenvalue weighted by molar-refractivity contribution is -0.385. The highest BCUT2D eigenvalue weighted by Crippen LogP contribution is 2.43. The van der Waals surface area contributed by atoms with Crippen LogP contribution in [0.3, 0.4) is 0 Å². The maximum Gasteiger partial charge on any atom is 0.274 e. The molecule has 0 aliphatic heterocycles. The molecule has 0 spiro atoms. The normalized spacial score (nSPS) is 10.0. The Balaban J connectivity index is 2.69. The summed E-state index contributed by atoms with van der Waals surface area (Å²) in [5.41, 5.74) is -1.60. The zero-order valence-corrected chi connectivity index (χ0v) is 14.7. The molecule has 0 fully saturated rings. The van der Waals surface area contributed by atoms with Crippen LogP contribution in [0, 0.1) is 38.6 Å². The predicted molar refractivity (Wildman–Crippen MR) is 92.2 cm³/mol. The van der Waals surface area contributed by atoms with Crippen LogP contribution in [-0.4, -0.2) is 4.92 Å². The van der Waals surface area contributed by atoms with Gasteiger partial charge in [-0.25, -0.2) is 4.39 Å². The van der Waals surface area contributed by atoms with Crippen molar-refractivity contribution in [2.75, 3.05) is 5.32 Å². The van der Waals surface area contributed by atoms with E-state index in [1.807, 2.05) is 0 Å². The van der Waals surface area contributed by atoms with Crippen LogP contribution in [0.4, 0.5) is 21.5 Å². The summed E-state index contributed by atoms with van der Waals surface area (Å²) in [6.07, 6.45) is 0. The van der Waals surface area contributed by atoms with E-state index in [0.717, 1.165) is 6.07 Å². The minimum atomic E-state index is -1.06. The third kappa shape index (κ3) is 3.41. The molecule has 0 atom stereocenters. The Bertz CT molecular complexity index is 975. The van der Waals surface area contributed by atoms with E-state index in [-0.39, 0.29) is 42.6 Å². The lowest BCUT2D eigenvalue weighted by Gasteiger charge is -2.15. The summed E-state index contributed by atoms with van der Waals surface area (Å²) in [7, 11) is 0. The highest BCUT2D eigenvalue weighted by atomic mass is 35.5. The Hall–Kier alpha value is -2.29. The molecule has 2 aromatic rings. The molecule has 0 aliphatic rings. The number of anilines is 2. The van der Waals surface area contributed by atoms with E-state index >= 15 is 0 Å². The topological polar surface area (TPSA) is 103 Å². The largest absolute Gasteiger partial charge is 0.350 e. The number of benzene rings is 2. The minimum absolute atomic E-state index is 0.187. The van der Waals surface area contributed by atoms with E-state index in [0.29, 0.717) is 6.07 Å². The second-order valence-electron chi connectivity index (χ2n) is 4.46. The number of nitro benzene ring substituents is 1. The van der Waals surface area contributed by atoms with Gasteiger partial charge in [-0.05, 0) is 0 Å². The number of nitrogens with zero attached hydrogens (tertiary/aromatic N) is 3. The highest BCUT2D eigenvalue weighted by molar-refractivity contribution is 6.47. The molecule has 126 valence electrons. The summed E-state index contributed by atoms with van der Waals surface area (Å²) in [6, 6.07) is 5.00. The van der Waals surface area contributed by atoms with Gasteiger partial charge in [-0.2, -0.15) is 10.5 Å². The van der Waals surface area contributed by atoms with Crippen molar-refractivity contribution < 1.29 is 9.31 Å². The predicted octanol–water partition coefficient (Wildman–Crippen LogP) is 5.83. The molecule has 0 heterocycles. The molecule has 1 N–H and O–H groups in total. The number of halogens is 5. The molecule has 0 aliphatic carbocycles. The van der Waals surface area contributed by atoms with E-state index in [1.54, 1.807) is 12.1 Å². The molecule has 0 amide bonds. The van der Waals surface area contributed by atoms with Gasteiger partial charge in [0.05, 0.1) is 53.6 Å². The number of nitriles is 2. The molecular formula is C14H3Cl4FN4O2. The third-order valence-corrected chi connectivity index (χ3v) is 4.56. The van der Waals surface area contributed by atoms with E-state index in [2.05, 4.69) is 5.32 Å². The van der Waals surface area contributed by atoms with Crippen LogP contribution in [0.15, 0.2) is 12.1 Å². The SMILES string of the molecule is N#Cc1c(Cl)c(Cl)c(Nc2c(F)cc([N+](=O)[O-])cc2Cl)c(C#N)c1Cl. The van der Waals surface area contributed by atoms with Crippen LogP contribution in [0.1, 0.15) is 11.1 Å². The number of nitro groups is 1. The fourth-order valence-electron chi connectivity index (χ4n) is 1.89. The molecule has 0 radical (unpaired) electrons. The fraction of sp³-hybridized carbons (Fsp3) is 0. The molecule has 0 unspecified atom stereocenters. The average molecular weight is 420 g/mol. The molecule has 25 heavy (non-hydrogen) atoms. The van der Waals surface area contributed by atoms with Gasteiger partial charge in [0.25, 0.3) is 5.69 Å². The summed E-state index contributed by atoms with van der Waals surface area (Å²) in [5, 5.41) is 30.4. The van der Waals surface area contributed by atoms with Gasteiger partial charge in [-0.3, -0.25) is 10.1 Å². The van der Waals surface area contributed by atoms with Gasteiger partial charge in [0.2, 0.25) is 0 Å². The van der Waals surface area contributed by atoms with Crippen molar-refractivity contribution in [2.24, 2.45) is 0 Å². The van der Waals surface area contributed by atoms with Crippen molar-refractivity contribution in [1.29, 1.82) is 10.5 Å². The molecule has 0 saturated heterocycles. The molecule has 0 bridgehead atoms. The lowest BCUT2D eigenvalue weighted by atomic mass is 10.1. The van der Waals surface area contributed by atoms with Gasteiger partial charge in [-0.15, -0.1) is 0 Å². The van der Waals surface area contributed by atoms with E-state index in [1.165, 1.54) is 0 Å². The van der Waals surface area contributed by atoms with Crippen molar-refractivity contribution in [3.8, 4) is 12.1 Å². The minimum Gasteiger partial charge on any atom is -0.350 e. The second kappa shape index (κ2) is 7.30. The maximum atomic E-state index is 14.2. The van der Waals surface area contributed by atoms with Crippen LogP contribution in [0.2, 0.25) is 20.1 Å². The van der Waals surface area contributed by atoms with Crippen LogP contribution >= 0.6 is 46.4 Å². The van der Waals surface area contributed by atoms with Crippen LogP contribution in [0.5, 0.6) is 0 Å². The van der Waals surface area contributed by atoms with Gasteiger partial charge in [0.1, 0.15) is 12.1 Å². The molecule has 0 saturated carbocycles. The summed E-state index contributed by atoms with van der Waals surface area (Å²) in [4.78, 5) is 9.90. The molecular weight excluding hydrogens is 417 g/mol. The monoisotopic (exact) mass is 418 g/mol. The van der Waals surface area contributed by atoms with E-state index < -0.39 is 16.4 Å². The van der Waals surface area contributed by atoms with Gasteiger partial charge >= 0.3 is 0 Å². The Labute approximate surface area is 160 Å². The fourth-order valence-corrected chi connectivity index (χ4v) is 2.93. The van der Waals surface area contributed by atoms with Gasteiger partial charge in [0.15, 0.2) is 5.82 Å². The smallest absolute Gasteiger partial charge is 0.274 e. The Morgan fingerprint density at radius 1 is 1.00 bits per heavy atom. The molecule has 2 aromatic carbocycles. The van der Waals surface area contributed by atoms with E-state index in [9.17, 15) is 19.8 Å². The van der Waals surface area contributed by atoms with Gasteiger partial charge in [0, 0.05) is 6.07 Å². The van der Waals surface area contributed by atoms with Crippen LogP contribution < -0.4 is 5.32 Å². The number of hydrogen-bond donors (Lipinski definition) is 1. The standard InChI is InChI=1S/C14H3Cl4FN4O2/c15-8-1-5(23(24)25)2-9(19)14(8)22-13-7(4-21)10(16)6(3-20)11(17)12(13)18/h1-2,22H. The summed E-state index contributed by atoms with van der Waals surface area (Å²) in [5.74, 6) is -1.06. The second-order valence-corrected chi connectivity index (χ2v) is 6.00. The average Bonchev–Trinajstić information content (AvgIpc) is 2.55. The van der Waals surface area contributed by atoms with Gasteiger partial charge < -0.3 is 5.32 Å². The number of non-ortho nitro benzene ring substituents is 1. The first-order valence-electron chi connectivity index (χ1n) is 6.14. The Morgan fingerprint density at radius 3 is 2.08 bits per heavy atom. The Morgan fingerprint density at radius 2 is 1.60 bits per heavy atom. The molecule has 11 heteroatoms. The first-order chi connectivity index (χ1) is 11.7. The summed E-state index contributed by atoms with van der Waals surface area (Å²) < 4.78 is 14.2. The zero-order chi connectivity index (χ0) is 18.9. The zero-order valence-electron chi connectivity index (χ0n) is 11.7. The van der Waals surface area contributed by atoms with Crippen molar-refractivity contribution in [3.63, 3.8) is 0 Å². The maximum absolute atomic E-state index is 14.2. The van der Waals surface area contributed by atoms with Crippen molar-refractivity contribution in [2.45, 2.75) is 0 Å². The first-order valence-corrected chi connectivity index (χ1v) is 7.65. The number of hydrogen-bond acceptors (Lipinski definition) is 5. The van der Waals surface area contributed by atoms with Crippen molar-refractivity contribution >= 4 is 63.5 Å². The first kappa shape index (κ1) is 19.0. The summed E-state index contributed by atoms with van der Waals surface area (Å²) in [6.45, 7) is 0. The van der Waals surface area contributed by atoms with E-state index in [4.69, 9.17) is 51.7 Å². The quantitative estimate of drug-likeness (QED) is 0.382. The lowest BCUT2D eigenvalue weighted by Crippen LogP contribution is -2.02. The third-order valence-electron chi connectivity index (χ3n) is 3.03. The number of rotatable bonds is 3. The van der Waals surface area contributed by atoms with Crippen molar-refractivity contribution in [3.05, 3.63) is 59.3 Å². The molecule has 2 rings (SSSR count). The highest BCUT2D eigenvalue weighted by Gasteiger charge is 2.24. The van der Waals surface area contributed by atoms with Crippen molar-refractivity contribution in [1.82, 2.24) is 0 Å². The number of nitrogens with one attached hydrogen (secondary N) is 1. The summed E-state index contributed by atoms with van der Waals surface area (Å²) >= 11 is 23.8. The van der Waals surface area contributed by atoms with Gasteiger partial charge in [-0.1, -0.05) is 46.4 Å². The molecule has 0 aromatic heterocycles. The molecule has 6 nitrogen and oxygen atoms in total.